The van der Waals surface area contributed by atoms with Crippen LogP contribution < -0.4 is 0 Å². The van der Waals surface area contributed by atoms with Gasteiger partial charge in [0, 0.05) is 0 Å². The van der Waals surface area contributed by atoms with Crippen LogP contribution in [0.3, 0.4) is 0 Å². The van der Waals surface area contributed by atoms with Crippen molar-refractivity contribution in [3.63, 3.8) is 0 Å². The molecule has 0 aliphatic heterocycles. The van der Waals surface area contributed by atoms with Gasteiger partial charge < -0.3 is 0 Å². The first kappa shape index (κ1) is 21.0. The Bertz CT molecular complexity index is 504. The summed E-state index contributed by atoms with van der Waals surface area (Å²) in [5.74, 6) is 0. The molecule has 1 rings (SSSR count). The Morgan fingerprint density at radius 2 is 1.22 bits per heavy atom. The summed E-state index contributed by atoms with van der Waals surface area (Å²) in [6, 6.07) is 9.11. The third kappa shape index (κ3) is 7.16. The van der Waals surface area contributed by atoms with E-state index in [0.29, 0.717) is 8.66 Å². The van der Waals surface area contributed by atoms with Gasteiger partial charge in [-0.05, 0) is 0 Å². The van der Waals surface area contributed by atoms with Crippen molar-refractivity contribution in [1.29, 1.82) is 0 Å². The molecule has 0 bridgehead atoms. The number of unbranched alkanes of at least 4 members (excludes halogenated alkanes) is 3. The summed E-state index contributed by atoms with van der Waals surface area (Å²) in [5.41, 5.74) is 0. The average molecular weight is 446 g/mol. The van der Waals surface area contributed by atoms with Crippen LogP contribution in [0.5, 0.6) is 0 Å². The minimum atomic E-state index is -3.12. The van der Waals surface area contributed by atoms with Gasteiger partial charge >= 0.3 is 148 Å². The van der Waals surface area contributed by atoms with Crippen molar-refractivity contribution >= 4 is 28.2 Å². The molecule has 0 aliphatic rings. The van der Waals surface area contributed by atoms with Crippen molar-refractivity contribution in [2.24, 2.45) is 0 Å². The van der Waals surface area contributed by atoms with E-state index in [0.717, 1.165) is 0 Å². The molecule has 0 amide bonds. The molecule has 0 radical (unpaired) electrons. The van der Waals surface area contributed by atoms with Gasteiger partial charge in [-0.2, -0.15) is 0 Å². The van der Waals surface area contributed by atoms with Crippen LogP contribution in [-0.4, -0.2) is 30.6 Å². The van der Waals surface area contributed by atoms with Crippen molar-refractivity contribution in [2.75, 3.05) is 3.77 Å². The maximum atomic E-state index is 13.0. The zero-order valence-corrected chi connectivity index (χ0v) is 18.9. The van der Waals surface area contributed by atoms with E-state index in [9.17, 15) is 8.42 Å². The number of sulfone groups is 1. The molecule has 4 heteroatoms. The monoisotopic (exact) mass is 447 g/mol. The summed E-state index contributed by atoms with van der Waals surface area (Å²) in [6.07, 6.45) is 7.20. The van der Waals surface area contributed by atoms with E-state index in [1.165, 1.54) is 51.8 Å². The third-order valence-corrected chi connectivity index (χ3v) is 27.4. The molecular formula is C19H34O2SSn. The van der Waals surface area contributed by atoms with Crippen LogP contribution in [-0.2, 0) is 9.84 Å². The average Bonchev–Trinajstić information content (AvgIpc) is 2.56. The molecule has 0 aromatic heterocycles. The molecule has 0 saturated carbocycles. The first-order valence-electron chi connectivity index (χ1n) is 9.27. The Balaban J connectivity index is 3.04. The summed E-state index contributed by atoms with van der Waals surface area (Å²) in [5, 5.41) is 0. The fourth-order valence-corrected chi connectivity index (χ4v) is 29.0. The zero-order valence-electron chi connectivity index (χ0n) is 15.2. The Hall–Kier alpha value is -0.0313. The van der Waals surface area contributed by atoms with Crippen LogP contribution in [0.2, 0.25) is 13.3 Å². The summed E-state index contributed by atoms with van der Waals surface area (Å²) in [7, 11) is -3.12. The van der Waals surface area contributed by atoms with Gasteiger partial charge in [0.15, 0.2) is 0 Å². The van der Waals surface area contributed by atoms with Crippen LogP contribution in [0.4, 0.5) is 0 Å². The fraction of sp³-hybridized carbons (Fsp3) is 0.684. The van der Waals surface area contributed by atoms with Crippen LogP contribution in [0.25, 0.3) is 0 Å². The molecule has 0 fully saturated rings. The SMILES string of the molecule is CCC[CH2][Sn]([CH2]CCC)([CH2]CCC)[13CH2]S(=O)(=O)c1ccccc1. The van der Waals surface area contributed by atoms with Crippen molar-refractivity contribution in [3.05, 3.63) is 30.3 Å². The van der Waals surface area contributed by atoms with Gasteiger partial charge in [-0.1, -0.05) is 0 Å². The quantitative estimate of drug-likeness (QED) is 0.298. The Morgan fingerprint density at radius 3 is 1.61 bits per heavy atom. The number of rotatable bonds is 12. The van der Waals surface area contributed by atoms with Gasteiger partial charge in [0.1, 0.15) is 0 Å². The van der Waals surface area contributed by atoms with E-state index in [1.807, 2.05) is 18.2 Å². The molecule has 132 valence electrons. The second-order valence-electron chi connectivity index (χ2n) is 6.88. The Labute approximate surface area is 147 Å². The summed E-state index contributed by atoms with van der Waals surface area (Å²) in [4.78, 5) is 0.533. The molecule has 0 heterocycles. The third-order valence-electron chi connectivity index (χ3n) is 4.78. The maximum absolute atomic E-state index is 13.0. The molecule has 0 saturated heterocycles. The second kappa shape index (κ2) is 10.8. The Kier molecular flexibility index (Phi) is 9.83. The molecule has 1 aromatic carbocycles. The van der Waals surface area contributed by atoms with Crippen molar-refractivity contribution in [3.8, 4) is 0 Å². The predicted octanol–water partition coefficient (Wildman–Crippen LogP) is 5.85. The molecule has 2 nitrogen and oxygen atoms in total. The molecule has 23 heavy (non-hydrogen) atoms. The normalized spacial score (nSPS) is 12.5. The zero-order chi connectivity index (χ0) is 17.2. The van der Waals surface area contributed by atoms with E-state index >= 15 is 0 Å². The van der Waals surface area contributed by atoms with Gasteiger partial charge in [0.2, 0.25) is 0 Å². The first-order valence-corrected chi connectivity index (χ1v) is 19.0. The van der Waals surface area contributed by atoms with Gasteiger partial charge in [-0.25, -0.2) is 0 Å². The minimum absolute atomic E-state index is 0.520. The van der Waals surface area contributed by atoms with Crippen molar-refractivity contribution in [1.82, 2.24) is 0 Å². The van der Waals surface area contributed by atoms with E-state index in [2.05, 4.69) is 20.8 Å². The molecular weight excluding hydrogens is 412 g/mol. The number of benzene rings is 1. The fourth-order valence-electron chi connectivity index (χ4n) is 3.36. The number of hydrogen-bond donors (Lipinski definition) is 0. The molecule has 0 unspecified atom stereocenters. The Morgan fingerprint density at radius 1 is 0.783 bits per heavy atom. The van der Waals surface area contributed by atoms with Crippen LogP contribution in [0, 0.1) is 0 Å². The molecule has 0 atom stereocenters. The van der Waals surface area contributed by atoms with Gasteiger partial charge in [0.25, 0.3) is 0 Å². The van der Waals surface area contributed by atoms with Gasteiger partial charge in [-0.3, -0.25) is 0 Å². The molecule has 0 aliphatic carbocycles. The van der Waals surface area contributed by atoms with Crippen LogP contribution in [0.1, 0.15) is 59.3 Å². The summed E-state index contributed by atoms with van der Waals surface area (Å²) in [6.45, 7) is 6.67. The molecule has 0 N–H and O–H groups in total. The molecule has 0 spiro atoms. The van der Waals surface area contributed by atoms with E-state index in [-0.39, 0.29) is 0 Å². The summed E-state index contributed by atoms with van der Waals surface area (Å²) >= 11 is -2.65. The van der Waals surface area contributed by atoms with E-state index < -0.39 is 28.2 Å². The van der Waals surface area contributed by atoms with Crippen molar-refractivity contribution < 1.29 is 8.42 Å². The van der Waals surface area contributed by atoms with Gasteiger partial charge in [-0.15, -0.1) is 0 Å². The van der Waals surface area contributed by atoms with Crippen LogP contribution in [0.15, 0.2) is 35.2 Å². The summed E-state index contributed by atoms with van der Waals surface area (Å²) < 4.78 is 30.2. The van der Waals surface area contributed by atoms with E-state index in [4.69, 9.17) is 0 Å². The van der Waals surface area contributed by atoms with E-state index in [1.54, 1.807) is 12.1 Å². The van der Waals surface area contributed by atoms with Gasteiger partial charge in [0.05, 0.1) is 0 Å². The molecule has 1 aromatic rings. The predicted molar refractivity (Wildman–Crippen MR) is 103 cm³/mol. The van der Waals surface area contributed by atoms with Crippen molar-refractivity contribution in [2.45, 2.75) is 77.5 Å². The number of hydrogen-bond acceptors (Lipinski definition) is 2. The topological polar surface area (TPSA) is 34.1 Å². The first-order chi connectivity index (χ1) is 11.0. The standard InChI is InChI=1S/C7H7O2S.3C4H9.Sn/c1-10(8,9)7-5-3-2-4-6-7;3*1-3-4-2;/h2-6H,1H2;3*1,3-4H2,2H3;/i1+1;;;;. The second-order valence-corrected chi connectivity index (χ2v) is 24.2. The van der Waals surface area contributed by atoms with Crippen LogP contribution >= 0.6 is 0 Å².